The number of benzene rings is 1. The molecule has 1 aromatic rings. The fraction of sp³-hybridized carbons (Fsp3) is 0.250. The summed E-state index contributed by atoms with van der Waals surface area (Å²) in [7, 11) is 0. The van der Waals surface area contributed by atoms with Gasteiger partial charge in [0.05, 0.1) is 0 Å². The van der Waals surface area contributed by atoms with Gasteiger partial charge in [0.25, 0.3) is 0 Å². The van der Waals surface area contributed by atoms with Gasteiger partial charge in [-0.15, -0.1) is 13.2 Å². The van der Waals surface area contributed by atoms with Crippen LogP contribution in [-0.2, 0) is 6.32 Å². The minimum atomic E-state index is -4.99. The normalized spacial score (nSPS) is 11.9. The van der Waals surface area contributed by atoms with Crippen LogP contribution in [0.15, 0.2) is 24.3 Å². The molecule has 0 saturated heterocycles. The predicted molar refractivity (Wildman–Crippen MR) is 47.0 cm³/mol. The molecule has 0 aliphatic carbocycles. The van der Waals surface area contributed by atoms with Crippen LogP contribution in [0, 0.1) is 0 Å². The second kappa shape index (κ2) is 6.46. The van der Waals surface area contributed by atoms with Crippen LogP contribution in [0.5, 0.6) is 5.75 Å². The van der Waals surface area contributed by atoms with Crippen molar-refractivity contribution < 1.29 is 83.7 Å². The van der Waals surface area contributed by atoms with Gasteiger partial charge in [-0.2, -0.15) is 0 Å². The first kappa shape index (κ1) is 17.3. The molecule has 0 N–H and O–H groups in total. The first-order valence-corrected chi connectivity index (χ1v) is 4.21. The summed E-state index contributed by atoms with van der Waals surface area (Å²) in [6.07, 6.45) is -5.96. The molecule has 0 atom stereocenters. The summed E-state index contributed by atoms with van der Waals surface area (Å²) >= 11 is 0. The largest absolute Gasteiger partial charge is 1.00 e. The van der Waals surface area contributed by atoms with Crippen molar-refractivity contribution in [2.24, 2.45) is 0 Å². The standard InChI is InChI=1S/C8H6BF6O.K.H/c10-8(11,12)16-7-3-1-6(2-4-7)5-9(13,14)15;;/h1-4H,5H2;;/q-1;+1;-1. The molecular formula is C8H7BF6KO-. The van der Waals surface area contributed by atoms with Gasteiger partial charge in [0.1, 0.15) is 5.75 Å². The smallest absolute Gasteiger partial charge is 1.00 e. The summed E-state index contributed by atoms with van der Waals surface area (Å²) in [5.41, 5.74) is -0.0953. The molecule has 0 fully saturated rings. The van der Waals surface area contributed by atoms with Crippen molar-refractivity contribution >= 4 is 6.98 Å². The average Bonchev–Trinajstić information content (AvgIpc) is 2.03. The summed E-state index contributed by atoms with van der Waals surface area (Å²) < 4.78 is 74.5. The Balaban J connectivity index is 0. The molecule has 0 aliphatic heterocycles. The van der Waals surface area contributed by atoms with E-state index in [0.29, 0.717) is 0 Å². The Morgan fingerprint density at radius 1 is 1.06 bits per heavy atom. The van der Waals surface area contributed by atoms with Crippen molar-refractivity contribution in [3.05, 3.63) is 29.8 Å². The molecule has 0 aliphatic rings. The maximum Gasteiger partial charge on any atom is 1.00 e. The van der Waals surface area contributed by atoms with Crippen LogP contribution in [0.25, 0.3) is 0 Å². The summed E-state index contributed by atoms with van der Waals surface area (Å²) in [4.78, 5) is 0. The Bertz CT molecular complexity index is 317. The third-order valence-corrected chi connectivity index (χ3v) is 1.62. The SMILES string of the molecule is F[B-](F)(F)Cc1ccc(OC(F)(F)F)cc1.[H-].[K+]. The van der Waals surface area contributed by atoms with Crippen LogP contribution >= 0.6 is 0 Å². The molecule has 9 heteroatoms. The molecule has 0 radical (unpaired) electrons. The average molecular weight is 283 g/mol. The van der Waals surface area contributed by atoms with E-state index in [0.717, 1.165) is 24.3 Å². The molecule has 1 aromatic carbocycles. The zero-order valence-electron chi connectivity index (χ0n) is 9.77. The van der Waals surface area contributed by atoms with Crippen molar-refractivity contribution in [2.75, 3.05) is 0 Å². The molecule has 0 unspecified atom stereocenters. The molecule has 0 spiro atoms. The maximum absolute atomic E-state index is 12.0. The van der Waals surface area contributed by atoms with Crippen LogP contribution in [0.1, 0.15) is 6.99 Å². The van der Waals surface area contributed by atoms with E-state index in [-0.39, 0.29) is 58.4 Å². The van der Waals surface area contributed by atoms with Gasteiger partial charge in [-0.05, 0) is 12.1 Å². The Hall–Kier alpha value is 0.301. The summed E-state index contributed by atoms with van der Waals surface area (Å²) in [6, 6.07) is 3.61. The molecule has 17 heavy (non-hydrogen) atoms. The van der Waals surface area contributed by atoms with Crippen LogP contribution in [0.3, 0.4) is 0 Å². The fourth-order valence-corrected chi connectivity index (χ4v) is 1.09. The van der Waals surface area contributed by atoms with Gasteiger partial charge in [-0.1, -0.05) is 24.0 Å². The number of rotatable bonds is 3. The Morgan fingerprint density at radius 3 is 1.88 bits per heavy atom. The minimum absolute atomic E-state index is 0. The maximum atomic E-state index is 12.0. The zero-order chi connectivity index (χ0) is 12.4. The number of halogens is 6. The first-order chi connectivity index (χ1) is 7.16. The number of hydrogen-bond acceptors (Lipinski definition) is 1. The molecule has 1 nitrogen and oxygen atoms in total. The van der Waals surface area contributed by atoms with Gasteiger partial charge in [0, 0.05) is 0 Å². The predicted octanol–water partition coefficient (Wildman–Crippen LogP) is 0.631. The topological polar surface area (TPSA) is 9.23 Å². The van der Waals surface area contributed by atoms with Crippen molar-refractivity contribution in [2.45, 2.75) is 12.7 Å². The Morgan fingerprint density at radius 2 is 1.53 bits per heavy atom. The van der Waals surface area contributed by atoms with Gasteiger partial charge in [0.15, 0.2) is 0 Å². The molecule has 0 heterocycles. The van der Waals surface area contributed by atoms with E-state index in [9.17, 15) is 26.1 Å². The van der Waals surface area contributed by atoms with Crippen molar-refractivity contribution in [3.63, 3.8) is 0 Å². The van der Waals surface area contributed by atoms with Gasteiger partial charge in [0.2, 0.25) is 0 Å². The number of hydrogen-bond donors (Lipinski definition) is 0. The second-order valence-corrected chi connectivity index (χ2v) is 3.11. The van der Waals surface area contributed by atoms with Gasteiger partial charge < -0.3 is 19.1 Å². The van der Waals surface area contributed by atoms with Crippen LogP contribution in [-0.4, -0.2) is 13.3 Å². The van der Waals surface area contributed by atoms with Crippen LogP contribution in [0.2, 0.25) is 0 Å². The zero-order valence-corrected chi connectivity index (χ0v) is 11.9. The van der Waals surface area contributed by atoms with E-state index in [1.807, 2.05) is 0 Å². The van der Waals surface area contributed by atoms with E-state index in [4.69, 9.17) is 0 Å². The second-order valence-electron chi connectivity index (χ2n) is 3.11. The third kappa shape index (κ3) is 8.09. The molecule has 92 valence electrons. The van der Waals surface area contributed by atoms with Crippen molar-refractivity contribution in [1.29, 1.82) is 0 Å². The Kier molecular flexibility index (Phi) is 6.58. The van der Waals surface area contributed by atoms with Crippen molar-refractivity contribution in [3.8, 4) is 5.75 Å². The summed E-state index contributed by atoms with van der Waals surface area (Å²) in [5.74, 6) is -0.536. The summed E-state index contributed by atoms with van der Waals surface area (Å²) in [6.45, 7) is -4.99. The molecule has 0 amide bonds. The Labute approximate surface area is 137 Å². The first-order valence-electron chi connectivity index (χ1n) is 4.21. The van der Waals surface area contributed by atoms with Crippen LogP contribution < -0.4 is 56.1 Å². The monoisotopic (exact) mass is 283 g/mol. The van der Waals surface area contributed by atoms with Gasteiger partial charge in [-0.3, -0.25) is 0 Å². The van der Waals surface area contributed by atoms with Crippen molar-refractivity contribution in [1.82, 2.24) is 0 Å². The van der Waals surface area contributed by atoms with Gasteiger partial charge >= 0.3 is 64.7 Å². The molecule has 0 aromatic heterocycles. The molecule has 1 rings (SSSR count). The summed E-state index contributed by atoms with van der Waals surface area (Å²) in [5, 5.41) is 0. The van der Waals surface area contributed by atoms with Crippen LogP contribution in [0.4, 0.5) is 26.1 Å². The fourth-order valence-electron chi connectivity index (χ4n) is 1.09. The van der Waals surface area contributed by atoms with E-state index < -0.39 is 25.4 Å². The van der Waals surface area contributed by atoms with E-state index in [2.05, 4.69) is 4.74 Å². The molecule has 0 bridgehead atoms. The third-order valence-electron chi connectivity index (χ3n) is 1.62. The van der Waals surface area contributed by atoms with E-state index in [1.165, 1.54) is 0 Å². The minimum Gasteiger partial charge on any atom is -1.00 e. The quantitative estimate of drug-likeness (QED) is 0.584. The molecule has 0 saturated carbocycles. The molecular weight excluding hydrogens is 276 g/mol. The number of ether oxygens (including phenoxy) is 1. The van der Waals surface area contributed by atoms with E-state index in [1.54, 1.807) is 0 Å². The number of alkyl halides is 3. The van der Waals surface area contributed by atoms with Gasteiger partial charge in [-0.25, -0.2) is 0 Å². The van der Waals surface area contributed by atoms with E-state index >= 15 is 0 Å².